The van der Waals surface area contributed by atoms with Crippen molar-refractivity contribution in [1.29, 1.82) is 0 Å². The lowest BCUT2D eigenvalue weighted by atomic mass is 10.0. The van der Waals surface area contributed by atoms with Crippen LogP contribution in [0, 0.1) is 0 Å². The quantitative estimate of drug-likeness (QED) is 0.840. The summed E-state index contributed by atoms with van der Waals surface area (Å²) in [5.74, 6) is 0.968. The Balaban J connectivity index is 1.63. The fraction of sp³-hybridized carbons (Fsp3) is 0.438. The summed E-state index contributed by atoms with van der Waals surface area (Å²) in [5.41, 5.74) is 1.23. The van der Waals surface area contributed by atoms with E-state index in [1.165, 1.54) is 11.9 Å². The summed E-state index contributed by atoms with van der Waals surface area (Å²) in [6, 6.07) is 8.33. The van der Waals surface area contributed by atoms with Crippen LogP contribution in [0.25, 0.3) is 0 Å². The summed E-state index contributed by atoms with van der Waals surface area (Å²) in [5, 5.41) is 4.00. The lowest BCUT2D eigenvalue weighted by Crippen LogP contribution is -2.39. The maximum absolute atomic E-state index is 12.4. The number of aromatic nitrogens is 3. The van der Waals surface area contributed by atoms with Crippen molar-refractivity contribution in [1.82, 2.24) is 19.7 Å². The number of hydrogen-bond acceptors (Lipinski definition) is 4. The van der Waals surface area contributed by atoms with Crippen LogP contribution in [0.2, 0.25) is 0 Å². The molecule has 1 atom stereocenters. The number of likely N-dealkylation sites (tertiary alicyclic amines) is 1. The maximum atomic E-state index is 12.4. The van der Waals surface area contributed by atoms with Gasteiger partial charge in [-0.3, -0.25) is 4.79 Å². The molecule has 2 aromatic rings. The molecule has 1 aromatic carbocycles. The Bertz CT molecular complexity index is 610. The van der Waals surface area contributed by atoms with Gasteiger partial charge in [0.25, 0.3) is 0 Å². The standard InChI is InChI=1S/C16H20N4O2/c1-22-15-6-4-13(5-7-15)9-14-3-2-8-20(14)16(21)10-19-12-17-11-18-19/h4-7,11-12,14H,2-3,8-10H2,1H3/t14-/m0/s1. The van der Waals surface area contributed by atoms with E-state index in [0.29, 0.717) is 0 Å². The van der Waals surface area contributed by atoms with Crippen LogP contribution in [-0.2, 0) is 17.8 Å². The lowest BCUT2D eigenvalue weighted by molar-refractivity contribution is -0.132. The molecule has 0 unspecified atom stereocenters. The first-order chi connectivity index (χ1) is 10.8. The molecule has 22 heavy (non-hydrogen) atoms. The van der Waals surface area contributed by atoms with Gasteiger partial charge < -0.3 is 9.64 Å². The van der Waals surface area contributed by atoms with Crippen LogP contribution in [0.5, 0.6) is 5.75 Å². The van der Waals surface area contributed by atoms with Crippen LogP contribution in [0.1, 0.15) is 18.4 Å². The van der Waals surface area contributed by atoms with Crippen molar-refractivity contribution in [3.8, 4) is 5.75 Å². The highest BCUT2D eigenvalue weighted by atomic mass is 16.5. The zero-order valence-electron chi connectivity index (χ0n) is 12.7. The van der Waals surface area contributed by atoms with Crippen LogP contribution in [0.15, 0.2) is 36.9 Å². The first-order valence-corrected chi connectivity index (χ1v) is 7.51. The van der Waals surface area contributed by atoms with Gasteiger partial charge in [0.05, 0.1) is 7.11 Å². The van der Waals surface area contributed by atoms with Crippen molar-refractivity contribution in [2.24, 2.45) is 0 Å². The second-order valence-electron chi connectivity index (χ2n) is 5.53. The Hall–Kier alpha value is -2.37. The summed E-state index contributed by atoms with van der Waals surface area (Å²) >= 11 is 0. The zero-order chi connectivity index (χ0) is 15.4. The summed E-state index contributed by atoms with van der Waals surface area (Å²) in [4.78, 5) is 18.3. The Morgan fingerprint density at radius 2 is 2.18 bits per heavy atom. The van der Waals surface area contributed by atoms with E-state index in [1.807, 2.05) is 17.0 Å². The minimum atomic E-state index is 0.113. The second-order valence-corrected chi connectivity index (χ2v) is 5.53. The monoisotopic (exact) mass is 300 g/mol. The van der Waals surface area contributed by atoms with Gasteiger partial charge in [-0.1, -0.05) is 12.1 Å². The van der Waals surface area contributed by atoms with E-state index < -0.39 is 0 Å². The number of rotatable bonds is 5. The van der Waals surface area contributed by atoms with Gasteiger partial charge in [-0.15, -0.1) is 0 Å². The molecular weight excluding hydrogens is 280 g/mol. The van der Waals surface area contributed by atoms with Crippen molar-refractivity contribution in [3.63, 3.8) is 0 Å². The molecule has 6 nitrogen and oxygen atoms in total. The normalized spacial score (nSPS) is 17.7. The number of nitrogens with zero attached hydrogens (tertiary/aromatic N) is 4. The molecule has 0 saturated carbocycles. The number of hydrogen-bond donors (Lipinski definition) is 0. The Morgan fingerprint density at radius 1 is 1.36 bits per heavy atom. The van der Waals surface area contributed by atoms with Crippen LogP contribution in [0.3, 0.4) is 0 Å². The van der Waals surface area contributed by atoms with Crippen molar-refractivity contribution in [3.05, 3.63) is 42.5 Å². The molecule has 6 heteroatoms. The van der Waals surface area contributed by atoms with Gasteiger partial charge in [0.2, 0.25) is 5.91 Å². The average Bonchev–Trinajstić information content (AvgIpc) is 3.19. The van der Waals surface area contributed by atoms with Crippen LogP contribution >= 0.6 is 0 Å². The van der Waals surface area contributed by atoms with Gasteiger partial charge in [-0.2, -0.15) is 5.10 Å². The molecule has 0 spiro atoms. The number of amides is 1. The molecule has 1 amide bonds. The number of ether oxygens (including phenoxy) is 1. The molecule has 1 aromatic heterocycles. The molecule has 0 radical (unpaired) electrons. The van der Waals surface area contributed by atoms with E-state index >= 15 is 0 Å². The summed E-state index contributed by atoms with van der Waals surface area (Å²) in [6.45, 7) is 1.09. The number of carbonyl (C=O) groups excluding carboxylic acids is 1. The van der Waals surface area contributed by atoms with Crippen molar-refractivity contribution in [2.75, 3.05) is 13.7 Å². The largest absolute Gasteiger partial charge is 0.497 e. The van der Waals surface area contributed by atoms with E-state index in [0.717, 1.165) is 31.6 Å². The molecule has 1 aliphatic heterocycles. The highest BCUT2D eigenvalue weighted by molar-refractivity contribution is 5.76. The summed E-state index contributed by atoms with van der Waals surface area (Å²) < 4.78 is 6.75. The third-order valence-electron chi connectivity index (χ3n) is 4.09. The van der Waals surface area contributed by atoms with Gasteiger partial charge in [0.15, 0.2) is 0 Å². The molecule has 1 aliphatic rings. The predicted octanol–water partition coefficient (Wildman–Crippen LogP) is 1.52. The SMILES string of the molecule is COc1ccc(C[C@@H]2CCCN2C(=O)Cn2cncn2)cc1. The highest BCUT2D eigenvalue weighted by Gasteiger charge is 2.28. The molecule has 1 saturated heterocycles. The molecule has 1 fully saturated rings. The third-order valence-corrected chi connectivity index (χ3v) is 4.09. The van der Waals surface area contributed by atoms with Gasteiger partial charge >= 0.3 is 0 Å². The molecule has 0 N–H and O–H groups in total. The lowest BCUT2D eigenvalue weighted by Gasteiger charge is -2.25. The first-order valence-electron chi connectivity index (χ1n) is 7.51. The van der Waals surface area contributed by atoms with Crippen LogP contribution in [-0.4, -0.2) is 45.3 Å². The van der Waals surface area contributed by atoms with Gasteiger partial charge in [-0.25, -0.2) is 9.67 Å². The zero-order valence-corrected chi connectivity index (χ0v) is 12.7. The minimum Gasteiger partial charge on any atom is -0.497 e. The van der Waals surface area contributed by atoms with E-state index in [1.54, 1.807) is 18.1 Å². The predicted molar refractivity (Wildman–Crippen MR) is 81.5 cm³/mol. The fourth-order valence-corrected chi connectivity index (χ4v) is 2.95. The van der Waals surface area contributed by atoms with Crippen molar-refractivity contribution in [2.45, 2.75) is 31.8 Å². The van der Waals surface area contributed by atoms with Crippen LogP contribution < -0.4 is 4.74 Å². The fourth-order valence-electron chi connectivity index (χ4n) is 2.95. The molecular formula is C16H20N4O2. The molecule has 2 heterocycles. The van der Waals surface area contributed by atoms with Crippen molar-refractivity contribution >= 4 is 5.91 Å². The minimum absolute atomic E-state index is 0.113. The van der Waals surface area contributed by atoms with E-state index in [2.05, 4.69) is 22.2 Å². The molecule has 0 bridgehead atoms. The average molecular weight is 300 g/mol. The van der Waals surface area contributed by atoms with Gasteiger partial charge in [0.1, 0.15) is 24.9 Å². The summed E-state index contributed by atoms with van der Waals surface area (Å²) in [6.07, 6.45) is 6.02. The third kappa shape index (κ3) is 3.27. The molecule has 3 rings (SSSR count). The first kappa shape index (κ1) is 14.6. The number of methoxy groups -OCH3 is 1. The van der Waals surface area contributed by atoms with E-state index in [9.17, 15) is 4.79 Å². The Kier molecular flexibility index (Phi) is 4.37. The van der Waals surface area contributed by atoms with E-state index in [-0.39, 0.29) is 18.5 Å². The molecule has 0 aliphatic carbocycles. The number of carbonyl (C=O) groups is 1. The van der Waals surface area contributed by atoms with E-state index in [4.69, 9.17) is 4.74 Å². The highest BCUT2D eigenvalue weighted by Crippen LogP contribution is 2.22. The van der Waals surface area contributed by atoms with Crippen molar-refractivity contribution < 1.29 is 9.53 Å². The maximum Gasteiger partial charge on any atom is 0.244 e. The second kappa shape index (κ2) is 6.60. The smallest absolute Gasteiger partial charge is 0.244 e. The topological polar surface area (TPSA) is 60.2 Å². The Labute approximate surface area is 129 Å². The summed E-state index contributed by atoms with van der Waals surface area (Å²) in [7, 11) is 1.66. The van der Waals surface area contributed by atoms with Crippen LogP contribution in [0.4, 0.5) is 0 Å². The number of benzene rings is 1. The Morgan fingerprint density at radius 3 is 2.86 bits per heavy atom. The van der Waals surface area contributed by atoms with Gasteiger partial charge in [0, 0.05) is 12.6 Å². The molecule has 116 valence electrons. The van der Waals surface area contributed by atoms with Gasteiger partial charge in [-0.05, 0) is 37.0 Å².